The van der Waals surface area contributed by atoms with Gasteiger partial charge in [0.2, 0.25) is 0 Å². The van der Waals surface area contributed by atoms with Crippen molar-refractivity contribution >= 4 is 17.5 Å². The summed E-state index contributed by atoms with van der Waals surface area (Å²) in [7, 11) is 0. The van der Waals surface area contributed by atoms with Gasteiger partial charge in [0.05, 0.1) is 11.3 Å². The first-order chi connectivity index (χ1) is 13.6. The summed E-state index contributed by atoms with van der Waals surface area (Å²) in [6.45, 7) is 3.09. The smallest absolute Gasteiger partial charge is 0.270 e. The minimum absolute atomic E-state index is 0.00393. The van der Waals surface area contributed by atoms with Crippen molar-refractivity contribution in [1.82, 2.24) is 15.3 Å². The molecule has 2 aromatic carbocycles. The molecule has 0 fully saturated rings. The van der Waals surface area contributed by atoms with Crippen LogP contribution < -0.4 is 5.32 Å². The average molecular weight is 418 g/mol. The Labute approximate surface area is 171 Å². The number of carbonyl (C=O) groups is 1. The average Bonchev–Trinajstić information content (AvgIpc) is 2.65. The molecule has 0 spiro atoms. The third kappa shape index (κ3) is 5.56. The predicted molar refractivity (Wildman–Crippen MR) is 106 cm³/mol. The number of nitrogens with zero attached hydrogens (tertiary/aromatic N) is 2. The van der Waals surface area contributed by atoms with Crippen LogP contribution in [0.2, 0.25) is 5.02 Å². The highest BCUT2D eigenvalue weighted by atomic mass is 35.5. The summed E-state index contributed by atoms with van der Waals surface area (Å²) in [6, 6.07) is 11.1. The van der Waals surface area contributed by atoms with E-state index in [4.69, 9.17) is 11.6 Å². The molecule has 0 radical (unpaired) electrons. The second-order valence-corrected chi connectivity index (χ2v) is 7.56. The van der Waals surface area contributed by atoms with Crippen molar-refractivity contribution in [1.29, 1.82) is 0 Å². The Morgan fingerprint density at radius 2 is 1.66 bits per heavy atom. The molecule has 150 valence electrons. The van der Waals surface area contributed by atoms with Gasteiger partial charge < -0.3 is 10.4 Å². The van der Waals surface area contributed by atoms with Gasteiger partial charge in [0.15, 0.2) is 5.82 Å². The fourth-order valence-electron chi connectivity index (χ4n) is 2.53. The predicted octanol–water partition coefficient (Wildman–Crippen LogP) is 4.24. The highest BCUT2D eigenvalue weighted by molar-refractivity contribution is 6.30. The van der Waals surface area contributed by atoms with Crippen LogP contribution >= 0.6 is 11.6 Å². The molecule has 5 nitrogen and oxygen atoms in total. The highest BCUT2D eigenvalue weighted by Crippen LogP contribution is 2.25. The maximum absolute atomic E-state index is 13.7. The monoisotopic (exact) mass is 417 g/mol. The minimum atomic E-state index is -1.11. The molecule has 0 saturated carbocycles. The van der Waals surface area contributed by atoms with Gasteiger partial charge in [0.25, 0.3) is 5.91 Å². The van der Waals surface area contributed by atoms with Gasteiger partial charge in [0, 0.05) is 28.8 Å². The molecule has 1 heterocycles. The number of rotatable bonds is 5. The molecule has 0 bridgehead atoms. The molecular weight excluding hydrogens is 400 g/mol. The maximum Gasteiger partial charge on any atom is 0.270 e. The zero-order valence-electron chi connectivity index (χ0n) is 15.7. The normalized spacial score (nSPS) is 11.4. The van der Waals surface area contributed by atoms with Crippen LogP contribution in [0.25, 0.3) is 22.6 Å². The molecule has 0 aliphatic carbocycles. The SMILES string of the molecule is CC(C)(O)CNC(=O)c1cc(-c2ccc(Cl)cc2)nc(-c2cc(F)cc(F)c2)n1. The third-order valence-electron chi connectivity index (χ3n) is 3.90. The van der Waals surface area contributed by atoms with Gasteiger partial charge in [-0.1, -0.05) is 23.7 Å². The molecule has 0 aliphatic heterocycles. The molecule has 3 aromatic rings. The number of carbonyl (C=O) groups excluding carboxylic acids is 1. The van der Waals surface area contributed by atoms with E-state index < -0.39 is 23.1 Å². The molecule has 1 aromatic heterocycles. The fourth-order valence-corrected chi connectivity index (χ4v) is 2.66. The van der Waals surface area contributed by atoms with E-state index in [1.54, 1.807) is 38.1 Å². The van der Waals surface area contributed by atoms with Crippen LogP contribution in [0, 0.1) is 11.6 Å². The van der Waals surface area contributed by atoms with Crippen LogP contribution in [-0.4, -0.2) is 33.1 Å². The number of aliphatic hydroxyl groups is 1. The number of hydrogen-bond acceptors (Lipinski definition) is 4. The second kappa shape index (κ2) is 8.23. The first-order valence-electron chi connectivity index (χ1n) is 8.73. The third-order valence-corrected chi connectivity index (χ3v) is 4.15. The molecule has 2 N–H and O–H groups in total. The van der Waals surface area contributed by atoms with Crippen LogP contribution in [0.15, 0.2) is 48.5 Å². The molecule has 3 rings (SSSR count). The first kappa shape index (κ1) is 20.8. The van der Waals surface area contributed by atoms with Gasteiger partial charge in [-0.15, -0.1) is 0 Å². The Bertz CT molecular complexity index is 1030. The van der Waals surface area contributed by atoms with E-state index in [0.29, 0.717) is 16.3 Å². The van der Waals surface area contributed by atoms with Gasteiger partial charge in [-0.3, -0.25) is 4.79 Å². The lowest BCUT2D eigenvalue weighted by Crippen LogP contribution is -2.38. The molecule has 0 unspecified atom stereocenters. The molecule has 0 saturated heterocycles. The Morgan fingerprint density at radius 1 is 1.03 bits per heavy atom. The molecule has 1 amide bonds. The minimum Gasteiger partial charge on any atom is -0.389 e. The summed E-state index contributed by atoms with van der Waals surface area (Å²) in [5.74, 6) is -2.13. The Morgan fingerprint density at radius 3 is 2.24 bits per heavy atom. The van der Waals surface area contributed by atoms with Crippen LogP contribution in [-0.2, 0) is 0 Å². The van der Waals surface area contributed by atoms with Crippen LogP contribution in [0.3, 0.4) is 0 Å². The maximum atomic E-state index is 13.7. The number of nitrogens with one attached hydrogen (secondary N) is 1. The highest BCUT2D eigenvalue weighted by Gasteiger charge is 2.18. The number of hydrogen-bond donors (Lipinski definition) is 2. The lowest BCUT2D eigenvalue weighted by atomic mass is 10.1. The standard InChI is InChI=1S/C21H18ClF2N3O2/c1-21(2,29)11-25-20(28)18-10-17(12-3-5-14(22)6-4-12)26-19(27-18)13-7-15(23)9-16(24)8-13/h3-10,29H,11H2,1-2H3,(H,25,28). The van der Waals surface area contributed by atoms with Gasteiger partial charge in [-0.25, -0.2) is 18.7 Å². The van der Waals surface area contributed by atoms with Gasteiger partial charge >= 0.3 is 0 Å². The lowest BCUT2D eigenvalue weighted by Gasteiger charge is -2.17. The summed E-state index contributed by atoms with van der Waals surface area (Å²) >= 11 is 5.92. The van der Waals surface area contributed by atoms with Gasteiger partial charge in [0.1, 0.15) is 17.3 Å². The van der Waals surface area contributed by atoms with Crippen molar-refractivity contribution in [2.45, 2.75) is 19.4 Å². The number of amides is 1. The molecule has 0 atom stereocenters. The topological polar surface area (TPSA) is 75.1 Å². The van der Waals surface area contributed by atoms with E-state index in [9.17, 15) is 18.7 Å². The van der Waals surface area contributed by atoms with E-state index in [-0.39, 0.29) is 23.6 Å². The molecular formula is C21H18ClF2N3O2. The Hall–Kier alpha value is -2.90. The number of halogens is 3. The summed E-state index contributed by atoms with van der Waals surface area (Å²) in [5, 5.41) is 12.9. The van der Waals surface area contributed by atoms with Crippen LogP contribution in [0.5, 0.6) is 0 Å². The van der Waals surface area contributed by atoms with Crippen LogP contribution in [0.4, 0.5) is 8.78 Å². The van der Waals surface area contributed by atoms with Gasteiger partial charge in [-0.05, 0) is 44.2 Å². The first-order valence-corrected chi connectivity index (χ1v) is 9.10. The zero-order valence-corrected chi connectivity index (χ0v) is 16.5. The van der Waals surface area contributed by atoms with E-state index in [1.165, 1.54) is 6.07 Å². The molecule has 0 aliphatic rings. The van der Waals surface area contributed by atoms with E-state index in [1.807, 2.05) is 0 Å². The van der Waals surface area contributed by atoms with Crippen molar-refractivity contribution in [2.75, 3.05) is 6.54 Å². The fraction of sp³-hybridized carbons (Fsp3) is 0.190. The van der Waals surface area contributed by atoms with Gasteiger partial charge in [-0.2, -0.15) is 0 Å². The Balaban J connectivity index is 2.08. The van der Waals surface area contributed by atoms with Crippen LogP contribution in [0.1, 0.15) is 24.3 Å². The quantitative estimate of drug-likeness (QED) is 0.651. The van der Waals surface area contributed by atoms with Crippen molar-refractivity contribution in [3.05, 3.63) is 70.9 Å². The van der Waals surface area contributed by atoms with E-state index >= 15 is 0 Å². The summed E-state index contributed by atoms with van der Waals surface area (Å²) in [6.07, 6.45) is 0. The lowest BCUT2D eigenvalue weighted by molar-refractivity contribution is 0.0692. The molecule has 8 heteroatoms. The number of aromatic nitrogens is 2. The largest absolute Gasteiger partial charge is 0.389 e. The Kier molecular flexibility index (Phi) is 5.91. The number of benzene rings is 2. The summed E-state index contributed by atoms with van der Waals surface area (Å²) < 4.78 is 27.4. The van der Waals surface area contributed by atoms with Crippen molar-refractivity contribution in [2.24, 2.45) is 0 Å². The summed E-state index contributed by atoms with van der Waals surface area (Å²) in [5.41, 5.74) is -0.00382. The van der Waals surface area contributed by atoms with E-state index in [0.717, 1.165) is 18.2 Å². The van der Waals surface area contributed by atoms with Crippen molar-refractivity contribution in [3.63, 3.8) is 0 Å². The summed E-state index contributed by atoms with van der Waals surface area (Å²) in [4.78, 5) is 21.1. The van der Waals surface area contributed by atoms with Crippen molar-refractivity contribution < 1.29 is 18.7 Å². The van der Waals surface area contributed by atoms with E-state index in [2.05, 4.69) is 15.3 Å². The van der Waals surface area contributed by atoms with Crippen molar-refractivity contribution in [3.8, 4) is 22.6 Å². The zero-order chi connectivity index (χ0) is 21.2. The second-order valence-electron chi connectivity index (χ2n) is 7.12. The molecule has 29 heavy (non-hydrogen) atoms.